The number of carbonyl (C=O) groups is 1. The van der Waals surface area contributed by atoms with Crippen molar-refractivity contribution < 1.29 is 4.79 Å². The summed E-state index contributed by atoms with van der Waals surface area (Å²) < 4.78 is 0. The van der Waals surface area contributed by atoms with Crippen LogP contribution < -0.4 is 5.73 Å². The van der Waals surface area contributed by atoms with Crippen molar-refractivity contribution >= 4 is 27.4 Å². The van der Waals surface area contributed by atoms with Crippen molar-refractivity contribution in [1.29, 1.82) is 0 Å². The molecule has 13 heavy (non-hydrogen) atoms. The van der Waals surface area contributed by atoms with Crippen molar-refractivity contribution in [3.05, 3.63) is 29.3 Å². The fourth-order valence-electron chi connectivity index (χ4n) is 1.25. The van der Waals surface area contributed by atoms with Crippen molar-refractivity contribution in [3.63, 3.8) is 0 Å². The first-order chi connectivity index (χ1) is 6.04. The Balaban J connectivity index is 3.20. The Bertz CT molecular complexity index is 315. The molecule has 2 nitrogen and oxygen atoms in total. The Morgan fingerprint density at radius 1 is 1.54 bits per heavy atom. The van der Waals surface area contributed by atoms with Crippen molar-refractivity contribution in [2.45, 2.75) is 18.7 Å². The molecule has 0 saturated heterocycles. The molecule has 1 aromatic carbocycles. The first-order valence-electron chi connectivity index (χ1n) is 4.03. The highest BCUT2D eigenvalue weighted by Gasteiger charge is 2.17. The number of alkyl halides is 1. The second-order valence-electron chi connectivity index (χ2n) is 3.05. The number of aryl methyl sites for hydroxylation is 1. The van der Waals surface area contributed by atoms with Gasteiger partial charge in [-0.25, -0.2) is 0 Å². The SMILES string of the molecule is CC(=O)C(Br)c1c(C)cccc1N. The number of carbonyl (C=O) groups excluding carboxylic acids is 1. The van der Waals surface area contributed by atoms with E-state index in [-0.39, 0.29) is 10.6 Å². The number of hydrogen-bond acceptors (Lipinski definition) is 2. The molecule has 2 N–H and O–H groups in total. The Morgan fingerprint density at radius 2 is 2.15 bits per heavy atom. The van der Waals surface area contributed by atoms with Crippen LogP contribution in [-0.4, -0.2) is 5.78 Å². The lowest BCUT2D eigenvalue weighted by Gasteiger charge is -2.12. The van der Waals surface area contributed by atoms with Gasteiger partial charge >= 0.3 is 0 Å². The van der Waals surface area contributed by atoms with Crippen LogP contribution in [0.25, 0.3) is 0 Å². The molecule has 1 rings (SSSR count). The van der Waals surface area contributed by atoms with Crippen LogP contribution in [0.1, 0.15) is 22.9 Å². The van der Waals surface area contributed by atoms with Crippen molar-refractivity contribution in [2.75, 3.05) is 5.73 Å². The number of benzene rings is 1. The van der Waals surface area contributed by atoms with Gasteiger partial charge in [0.05, 0.1) is 4.83 Å². The van der Waals surface area contributed by atoms with E-state index >= 15 is 0 Å². The van der Waals surface area contributed by atoms with E-state index in [1.165, 1.54) is 0 Å². The Hall–Kier alpha value is -0.830. The van der Waals surface area contributed by atoms with Gasteiger partial charge in [0.1, 0.15) is 5.78 Å². The molecule has 1 aromatic rings. The maximum absolute atomic E-state index is 11.1. The van der Waals surface area contributed by atoms with E-state index in [1.807, 2.05) is 19.1 Å². The van der Waals surface area contributed by atoms with E-state index in [4.69, 9.17) is 5.73 Å². The quantitative estimate of drug-likeness (QED) is 0.639. The van der Waals surface area contributed by atoms with Gasteiger partial charge in [0.25, 0.3) is 0 Å². The lowest BCUT2D eigenvalue weighted by atomic mass is 10.0. The van der Waals surface area contributed by atoms with E-state index in [0.717, 1.165) is 11.1 Å². The summed E-state index contributed by atoms with van der Waals surface area (Å²) >= 11 is 3.32. The third kappa shape index (κ3) is 2.10. The number of ketones is 1. The van der Waals surface area contributed by atoms with Gasteiger partial charge in [-0.2, -0.15) is 0 Å². The minimum absolute atomic E-state index is 0.0704. The molecule has 1 atom stereocenters. The van der Waals surface area contributed by atoms with E-state index in [1.54, 1.807) is 13.0 Å². The molecular weight excluding hydrogens is 230 g/mol. The van der Waals surface area contributed by atoms with Gasteiger partial charge in [-0.3, -0.25) is 4.79 Å². The van der Waals surface area contributed by atoms with Crippen LogP contribution in [0.2, 0.25) is 0 Å². The van der Waals surface area contributed by atoms with E-state index in [9.17, 15) is 4.79 Å². The highest BCUT2D eigenvalue weighted by molar-refractivity contribution is 9.09. The van der Waals surface area contributed by atoms with Gasteiger partial charge in [-0.1, -0.05) is 28.1 Å². The highest BCUT2D eigenvalue weighted by Crippen LogP contribution is 2.31. The maximum Gasteiger partial charge on any atom is 0.147 e. The topological polar surface area (TPSA) is 43.1 Å². The van der Waals surface area contributed by atoms with Gasteiger partial charge < -0.3 is 5.73 Å². The van der Waals surface area contributed by atoms with E-state index < -0.39 is 0 Å². The maximum atomic E-state index is 11.1. The molecule has 0 aliphatic rings. The number of hydrogen-bond donors (Lipinski definition) is 1. The fourth-order valence-corrected chi connectivity index (χ4v) is 1.88. The van der Waals surface area contributed by atoms with Gasteiger partial charge in [0.2, 0.25) is 0 Å². The Morgan fingerprint density at radius 3 is 2.62 bits per heavy atom. The minimum Gasteiger partial charge on any atom is -0.398 e. The molecule has 0 saturated carbocycles. The van der Waals surface area contributed by atoms with E-state index in [2.05, 4.69) is 15.9 Å². The van der Waals surface area contributed by atoms with Crippen LogP contribution in [0.15, 0.2) is 18.2 Å². The summed E-state index contributed by atoms with van der Waals surface area (Å²) in [6.45, 7) is 3.49. The van der Waals surface area contributed by atoms with Crippen molar-refractivity contribution in [3.8, 4) is 0 Å². The number of nitrogen functional groups attached to an aromatic ring is 1. The summed E-state index contributed by atoms with van der Waals surface area (Å²) in [6, 6.07) is 5.64. The van der Waals surface area contributed by atoms with Crippen LogP contribution in [0.4, 0.5) is 5.69 Å². The molecule has 0 amide bonds. The van der Waals surface area contributed by atoms with E-state index in [0.29, 0.717) is 5.69 Å². The molecule has 1 unspecified atom stereocenters. The Labute approximate surface area is 86.3 Å². The van der Waals surface area contributed by atoms with Crippen LogP contribution in [-0.2, 0) is 4.79 Å². The summed E-state index contributed by atoms with van der Waals surface area (Å²) in [4.78, 5) is 10.9. The zero-order valence-electron chi connectivity index (χ0n) is 7.67. The second-order valence-corrected chi connectivity index (χ2v) is 3.97. The molecular formula is C10H12BrNO. The molecule has 0 fully saturated rings. The number of Topliss-reactive ketones (excluding diaryl/α,β-unsaturated/α-hetero) is 1. The van der Waals surface area contributed by atoms with Crippen LogP contribution >= 0.6 is 15.9 Å². The van der Waals surface area contributed by atoms with Crippen LogP contribution in [0.3, 0.4) is 0 Å². The molecule has 0 radical (unpaired) electrons. The van der Waals surface area contributed by atoms with Crippen LogP contribution in [0, 0.1) is 6.92 Å². The zero-order chi connectivity index (χ0) is 10.0. The van der Waals surface area contributed by atoms with Gasteiger partial charge in [0.15, 0.2) is 0 Å². The monoisotopic (exact) mass is 241 g/mol. The fraction of sp³-hybridized carbons (Fsp3) is 0.300. The van der Waals surface area contributed by atoms with Gasteiger partial charge in [-0.05, 0) is 31.0 Å². The molecule has 0 heterocycles. The zero-order valence-corrected chi connectivity index (χ0v) is 9.26. The smallest absolute Gasteiger partial charge is 0.147 e. The first-order valence-corrected chi connectivity index (χ1v) is 4.95. The largest absolute Gasteiger partial charge is 0.398 e. The number of nitrogens with two attached hydrogens (primary N) is 1. The summed E-state index contributed by atoms with van der Waals surface area (Å²) in [6.07, 6.45) is 0. The summed E-state index contributed by atoms with van der Waals surface area (Å²) in [5.41, 5.74) is 8.37. The molecule has 0 spiro atoms. The first kappa shape index (κ1) is 10.3. The predicted molar refractivity (Wildman–Crippen MR) is 57.9 cm³/mol. The molecule has 70 valence electrons. The molecule has 0 aromatic heterocycles. The van der Waals surface area contributed by atoms with Crippen molar-refractivity contribution in [1.82, 2.24) is 0 Å². The Kier molecular flexibility index (Phi) is 3.09. The van der Waals surface area contributed by atoms with Crippen LogP contribution in [0.5, 0.6) is 0 Å². The molecule has 0 aliphatic heterocycles. The summed E-state index contributed by atoms with van der Waals surface area (Å²) in [5, 5.41) is 0. The minimum atomic E-state index is -0.284. The third-order valence-corrected chi connectivity index (χ3v) is 3.07. The molecule has 3 heteroatoms. The average Bonchev–Trinajstić information content (AvgIpc) is 2.03. The third-order valence-electron chi connectivity index (χ3n) is 1.97. The lowest BCUT2D eigenvalue weighted by Crippen LogP contribution is -2.06. The summed E-state index contributed by atoms with van der Waals surface area (Å²) in [5.74, 6) is 0.0704. The predicted octanol–water partition coefficient (Wildman–Crippen LogP) is 2.60. The average molecular weight is 242 g/mol. The van der Waals surface area contributed by atoms with Gasteiger partial charge in [-0.15, -0.1) is 0 Å². The van der Waals surface area contributed by atoms with Crippen molar-refractivity contribution in [2.24, 2.45) is 0 Å². The standard InChI is InChI=1S/C10H12BrNO/c1-6-4-3-5-8(12)9(6)10(11)7(2)13/h3-5,10H,12H2,1-2H3. The van der Waals surface area contributed by atoms with Gasteiger partial charge in [0, 0.05) is 5.69 Å². The lowest BCUT2D eigenvalue weighted by molar-refractivity contribution is -0.116. The number of halogens is 1. The normalized spacial score (nSPS) is 12.5. The highest BCUT2D eigenvalue weighted by atomic mass is 79.9. The number of rotatable bonds is 2. The molecule has 0 bridgehead atoms. The number of anilines is 1. The second kappa shape index (κ2) is 3.92. The summed E-state index contributed by atoms with van der Waals surface area (Å²) in [7, 11) is 0. The molecule has 0 aliphatic carbocycles.